The summed E-state index contributed by atoms with van der Waals surface area (Å²) in [5.41, 5.74) is 0. The van der Waals surface area contributed by atoms with Crippen LogP contribution in [-0.4, -0.2) is 24.1 Å². The molecule has 0 heterocycles. The van der Waals surface area contributed by atoms with Crippen molar-refractivity contribution in [2.24, 2.45) is 5.92 Å². The Morgan fingerprint density at radius 2 is 1.44 bits per heavy atom. The minimum Gasteiger partial charge on any atom is -0.743 e. The molecule has 1 fully saturated rings. The molecular weight excluding hydrogens is 252 g/mol. The molecule has 1 aliphatic carbocycles. The number of halogens is 4. The summed E-state index contributed by atoms with van der Waals surface area (Å²) in [5, 5.41) is -5.53. The molecule has 0 aromatic rings. The van der Waals surface area contributed by atoms with Gasteiger partial charge in [0, 0.05) is 5.92 Å². The van der Waals surface area contributed by atoms with Gasteiger partial charge in [-0.25, -0.2) is 8.42 Å². The van der Waals surface area contributed by atoms with Gasteiger partial charge in [0.2, 0.25) is 0 Å². The van der Waals surface area contributed by atoms with Crippen LogP contribution in [0, 0.1) is 5.92 Å². The normalized spacial score (nSPS) is 21.1. The maximum absolute atomic E-state index is 13.3. The molecule has 1 saturated carbocycles. The fourth-order valence-electron chi connectivity index (χ4n) is 1.87. The maximum atomic E-state index is 13.3. The van der Waals surface area contributed by atoms with Crippen molar-refractivity contribution >= 4 is 10.1 Å². The predicted octanol–water partition coefficient (Wildman–Crippen LogP) is 2.34. The molecule has 0 radical (unpaired) electrons. The standard InChI is InChI=1S/C8H12F4O3S/c9-7(10,6-4-2-1-3-5-6)8(11,12)16(13,14)15/h6H,1-5H2,(H,13,14,15)/p-1. The number of hydrogen-bond acceptors (Lipinski definition) is 3. The Labute approximate surface area is 90.6 Å². The van der Waals surface area contributed by atoms with Gasteiger partial charge in [0.1, 0.15) is 0 Å². The van der Waals surface area contributed by atoms with E-state index in [1.807, 2.05) is 0 Å². The van der Waals surface area contributed by atoms with Gasteiger partial charge in [0.25, 0.3) is 0 Å². The van der Waals surface area contributed by atoms with Gasteiger partial charge in [0.05, 0.1) is 0 Å². The first-order valence-electron chi connectivity index (χ1n) is 4.82. The monoisotopic (exact) mass is 263 g/mol. The van der Waals surface area contributed by atoms with E-state index in [1.54, 1.807) is 0 Å². The molecule has 0 atom stereocenters. The first-order chi connectivity index (χ1) is 7.11. The van der Waals surface area contributed by atoms with E-state index >= 15 is 0 Å². The zero-order valence-electron chi connectivity index (χ0n) is 8.26. The van der Waals surface area contributed by atoms with Crippen LogP contribution in [0.3, 0.4) is 0 Å². The van der Waals surface area contributed by atoms with Crippen LogP contribution in [-0.2, 0) is 10.1 Å². The first-order valence-corrected chi connectivity index (χ1v) is 6.22. The summed E-state index contributed by atoms with van der Waals surface area (Å²) in [6, 6.07) is 0. The molecule has 0 amide bonds. The fraction of sp³-hybridized carbons (Fsp3) is 1.00. The Morgan fingerprint density at radius 3 is 1.81 bits per heavy atom. The van der Waals surface area contributed by atoms with Crippen molar-refractivity contribution in [2.45, 2.75) is 43.3 Å². The van der Waals surface area contributed by atoms with Gasteiger partial charge >= 0.3 is 11.2 Å². The van der Waals surface area contributed by atoms with Crippen molar-refractivity contribution in [1.29, 1.82) is 0 Å². The van der Waals surface area contributed by atoms with E-state index in [0.29, 0.717) is 19.3 Å². The Bertz CT molecular complexity index is 346. The molecule has 0 unspecified atom stereocenters. The second-order valence-electron chi connectivity index (χ2n) is 3.93. The van der Waals surface area contributed by atoms with Gasteiger partial charge in [-0.1, -0.05) is 19.3 Å². The lowest BCUT2D eigenvalue weighted by Crippen LogP contribution is -2.51. The first kappa shape index (κ1) is 13.7. The minimum absolute atomic E-state index is 0.182. The molecule has 0 aliphatic heterocycles. The van der Waals surface area contributed by atoms with Crippen LogP contribution in [0.4, 0.5) is 17.6 Å². The van der Waals surface area contributed by atoms with Gasteiger partial charge in [0.15, 0.2) is 10.1 Å². The molecule has 0 aromatic carbocycles. The highest BCUT2D eigenvalue weighted by Crippen LogP contribution is 2.48. The lowest BCUT2D eigenvalue weighted by Gasteiger charge is -2.35. The molecule has 16 heavy (non-hydrogen) atoms. The summed E-state index contributed by atoms with van der Waals surface area (Å²) in [5.74, 6) is -6.52. The molecule has 8 heteroatoms. The molecule has 96 valence electrons. The topological polar surface area (TPSA) is 57.2 Å². The SMILES string of the molecule is O=S(=O)([O-])C(F)(F)C(F)(F)C1CCCCC1. The van der Waals surface area contributed by atoms with E-state index in [2.05, 4.69) is 0 Å². The molecule has 0 spiro atoms. The number of hydrogen-bond donors (Lipinski definition) is 0. The van der Waals surface area contributed by atoms with Crippen molar-refractivity contribution < 1.29 is 30.5 Å². The molecule has 1 aliphatic rings. The van der Waals surface area contributed by atoms with E-state index in [-0.39, 0.29) is 12.8 Å². The van der Waals surface area contributed by atoms with Gasteiger partial charge in [-0.3, -0.25) is 0 Å². The molecule has 0 saturated heterocycles. The highest BCUT2D eigenvalue weighted by molar-refractivity contribution is 7.86. The molecule has 3 nitrogen and oxygen atoms in total. The summed E-state index contributed by atoms with van der Waals surface area (Å²) in [4.78, 5) is 0. The summed E-state index contributed by atoms with van der Waals surface area (Å²) >= 11 is 0. The van der Waals surface area contributed by atoms with Crippen molar-refractivity contribution in [1.82, 2.24) is 0 Å². The third-order valence-corrected chi connectivity index (χ3v) is 3.72. The van der Waals surface area contributed by atoms with E-state index in [4.69, 9.17) is 0 Å². The summed E-state index contributed by atoms with van der Waals surface area (Å²) < 4.78 is 82.7. The van der Waals surface area contributed by atoms with E-state index in [0.717, 1.165) is 0 Å². The third kappa shape index (κ3) is 2.17. The highest BCUT2D eigenvalue weighted by Gasteiger charge is 2.65. The highest BCUT2D eigenvalue weighted by atomic mass is 32.2. The lowest BCUT2D eigenvalue weighted by atomic mass is 9.84. The quantitative estimate of drug-likeness (QED) is 0.580. The van der Waals surface area contributed by atoms with Gasteiger partial charge in [-0.2, -0.15) is 17.6 Å². The lowest BCUT2D eigenvalue weighted by molar-refractivity contribution is -0.198. The van der Waals surface area contributed by atoms with Gasteiger partial charge in [-0.05, 0) is 12.8 Å². The Balaban J connectivity index is 2.99. The fourth-order valence-corrected chi connectivity index (χ4v) is 2.37. The van der Waals surface area contributed by atoms with Gasteiger partial charge in [-0.15, -0.1) is 0 Å². The second-order valence-corrected chi connectivity index (χ2v) is 5.35. The molecule has 1 rings (SSSR count). The molecular formula is C8H11F4O3S-. The number of alkyl halides is 4. The van der Waals surface area contributed by atoms with Gasteiger partial charge < -0.3 is 4.55 Å². The maximum Gasteiger partial charge on any atom is 0.396 e. The van der Waals surface area contributed by atoms with Crippen LogP contribution in [0.25, 0.3) is 0 Å². The predicted molar refractivity (Wildman–Crippen MR) is 46.2 cm³/mol. The average Bonchev–Trinajstić information content (AvgIpc) is 2.17. The van der Waals surface area contributed by atoms with Crippen molar-refractivity contribution in [3.05, 3.63) is 0 Å². The van der Waals surface area contributed by atoms with Crippen LogP contribution < -0.4 is 0 Å². The number of rotatable bonds is 3. The molecule has 0 bridgehead atoms. The van der Waals surface area contributed by atoms with E-state index in [9.17, 15) is 30.5 Å². The van der Waals surface area contributed by atoms with Crippen LogP contribution in [0.2, 0.25) is 0 Å². The molecule has 0 aromatic heterocycles. The zero-order chi connectivity index (χ0) is 12.6. The third-order valence-electron chi connectivity index (χ3n) is 2.82. The Kier molecular flexibility index (Phi) is 3.54. The Morgan fingerprint density at radius 1 is 1.00 bits per heavy atom. The average molecular weight is 263 g/mol. The zero-order valence-corrected chi connectivity index (χ0v) is 9.07. The largest absolute Gasteiger partial charge is 0.743 e. The van der Waals surface area contributed by atoms with E-state index < -0.39 is 27.2 Å². The molecule has 0 N–H and O–H groups in total. The smallest absolute Gasteiger partial charge is 0.396 e. The van der Waals surface area contributed by atoms with Crippen LogP contribution in [0.1, 0.15) is 32.1 Å². The summed E-state index contributed by atoms with van der Waals surface area (Å²) in [6.07, 6.45) is 0.975. The summed E-state index contributed by atoms with van der Waals surface area (Å²) in [7, 11) is -6.34. The van der Waals surface area contributed by atoms with Crippen molar-refractivity contribution in [3.63, 3.8) is 0 Å². The van der Waals surface area contributed by atoms with E-state index in [1.165, 1.54) is 0 Å². The van der Waals surface area contributed by atoms with Crippen molar-refractivity contribution in [3.8, 4) is 0 Å². The summed E-state index contributed by atoms with van der Waals surface area (Å²) in [6.45, 7) is 0. The minimum atomic E-state index is -6.34. The van der Waals surface area contributed by atoms with Crippen LogP contribution >= 0.6 is 0 Å². The van der Waals surface area contributed by atoms with Crippen molar-refractivity contribution in [2.75, 3.05) is 0 Å². The Hall–Kier alpha value is -0.370. The van der Waals surface area contributed by atoms with Crippen LogP contribution in [0.15, 0.2) is 0 Å². The second kappa shape index (κ2) is 4.14. The van der Waals surface area contributed by atoms with Crippen LogP contribution in [0.5, 0.6) is 0 Å².